The molecule has 7 nitrogen and oxygen atoms in total. The molecule has 0 spiro atoms. The molecule has 0 saturated heterocycles. The number of esters is 1. The quantitative estimate of drug-likeness (QED) is 0.573. The number of fused-ring (bicyclic) bond motifs is 1. The average Bonchev–Trinajstić information content (AvgIpc) is 2.91. The highest BCUT2D eigenvalue weighted by molar-refractivity contribution is 5.89. The maximum atomic E-state index is 11.9. The van der Waals surface area contributed by atoms with Crippen LogP contribution in [0.4, 0.5) is 5.82 Å². The fourth-order valence-electron chi connectivity index (χ4n) is 2.19. The molecule has 0 aliphatic heterocycles. The minimum atomic E-state index is -0.428. The van der Waals surface area contributed by atoms with Crippen LogP contribution in [0.5, 0.6) is 0 Å². The first-order valence-electron chi connectivity index (χ1n) is 7.26. The fraction of sp³-hybridized carbons (Fsp3) is 0.250. The molecule has 2 heterocycles. The molecule has 1 N–H and O–H groups in total. The van der Waals surface area contributed by atoms with E-state index in [2.05, 4.69) is 20.4 Å². The molecule has 0 fully saturated rings. The summed E-state index contributed by atoms with van der Waals surface area (Å²) < 4.78 is 6.85. The van der Waals surface area contributed by atoms with Crippen molar-refractivity contribution >= 4 is 22.7 Å². The number of hydrogen-bond donors (Lipinski definition) is 1. The van der Waals surface area contributed by atoms with Gasteiger partial charge in [0.05, 0.1) is 12.1 Å². The van der Waals surface area contributed by atoms with Crippen LogP contribution >= 0.6 is 0 Å². The normalized spacial score (nSPS) is 10.7. The highest BCUT2D eigenvalue weighted by Crippen LogP contribution is 2.17. The van der Waals surface area contributed by atoms with Gasteiger partial charge in [0.15, 0.2) is 5.69 Å². The Kier molecular flexibility index (Phi) is 4.18. The number of aryl methyl sites for hydroxylation is 2. The first kappa shape index (κ1) is 15.0. The Morgan fingerprint density at radius 2 is 2.13 bits per heavy atom. The monoisotopic (exact) mass is 311 g/mol. The van der Waals surface area contributed by atoms with Gasteiger partial charge in [-0.15, -0.1) is 0 Å². The van der Waals surface area contributed by atoms with E-state index in [9.17, 15) is 4.79 Å². The maximum Gasteiger partial charge on any atom is 0.358 e. The zero-order valence-electron chi connectivity index (χ0n) is 13.0. The van der Waals surface area contributed by atoms with Gasteiger partial charge in [-0.25, -0.2) is 14.8 Å². The third kappa shape index (κ3) is 3.28. The van der Waals surface area contributed by atoms with Crippen LogP contribution in [0.25, 0.3) is 10.9 Å². The number of hydrogen-bond acceptors (Lipinski definition) is 6. The van der Waals surface area contributed by atoms with Gasteiger partial charge in [0.25, 0.3) is 0 Å². The zero-order valence-corrected chi connectivity index (χ0v) is 13.0. The lowest BCUT2D eigenvalue weighted by atomic mass is 10.2. The number of rotatable bonds is 5. The molecule has 0 unspecified atom stereocenters. The predicted molar refractivity (Wildman–Crippen MR) is 86.3 cm³/mol. The van der Waals surface area contributed by atoms with Gasteiger partial charge < -0.3 is 10.1 Å². The van der Waals surface area contributed by atoms with E-state index < -0.39 is 5.97 Å². The molecule has 7 heteroatoms. The van der Waals surface area contributed by atoms with Gasteiger partial charge >= 0.3 is 5.97 Å². The summed E-state index contributed by atoms with van der Waals surface area (Å²) in [4.78, 5) is 20.3. The van der Waals surface area contributed by atoms with E-state index in [4.69, 9.17) is 4.74 Å². The van der Waals surface area contributed by atoms with Gasteiger partial charge in [-0.1, -0.05) is 12.1 Å². The molecule has 0 saturated carbocycles. The van der Waals surface area contributed by atoms with E-state index in [0.717, 1.165) is 22.4 Å². The summed E-state index contributed by atoms with van der Waals surface area (Å²) in [6.07, 6.45) is 1.51. The third-order valence-electron chi connectivity index (χ3n) is 3.49. The van der Waals surface area contributed by atoms with Gasteiger partial charge in [0.2, 0.25) is 0 Å². The second-order valence-electron chi connectivity index (χ2n) is 5.10. The molecule has 0 atom stereocenters. The van der Waals surface area contributed by atoms with E-state index in [1.54, 1.807) is 17.8 Å². The van der Waals surface area contributed by atoms with Crippen LogP contribution in [0.2, 0.25) is 0 Å². The standard InChI is InChI=1S/C16H17N5O2/c1-11-9-14(20-21(11)2)16(22)23-8-7-17-15-12-5-3-4-6-13(12)18-10-19-15/h3-6,9-10H,7-8H2,1-2H3,(H,17,18,19). The Morgan fingerprint density at radius 3 is 2.91 bits per heavy atom. The molecular weight excluding hydrogens is 294 g/mol. The number of benzene rings is 1. The van der Waals surface area contributed by atoms with Gasteiger partial charge in [-0.3, -0.25) is 4.68 Å². The maximum absolute atomic E-state index is 11.9. The van der Waals surface area contributed by atoms with Crippen LogP contribution in [0.15, 0.2) is 36.7 Å². The molecule has 0 aliphatic rings. The van der Waals surface area contributed by atoms with Crippen molar-refractivity contribution in [2.24, 2.45) is 7.05 Å². The van der Waals surface area contributed by atoms with E-state index >= 15 is 0 Å². The van der Waals surface area contributed by atoms with Crippen LogP contribution in [0.3, 0.4) is 0 Å². The van der Waals surface area contributed by atoms with Crippen molar-refractivity contribution in [3.05, 3.63) is 48.0 Å². The number of aromatic nitrogens is 4. The van der Waals surface area contributed by atoms with Crippen LogP contribution in [-0.4, -0.2) is 38.9 Å². The van der Waals surface area contributed by atoms with E-state index in [-0.39, 0.29) is 6.61 Å². The number of nitrogens with one attached hydrogen (secondary N) is 1. The second-order valence-corrected chi connectivity index (χ2v) is 5.10. The largest absolute Gasteiger partial charge is 0.459 e. The molecular formula is C16H17N5O2. The lowest BCUT2D eigenvalue weighted by Gasteiger charge is -2.08. The van der Waals surface area contributed by atoms with Crippen molar-refractivity contribution in [1.29, 1.82) is 0 Å². The summed E-state index contributed by atoms with van der Waals surface area (Å²) >= 11 is 0. The van der Waals surface area contributed by atoms with Crippen molar-refractivity contribution in [1.82, 2.24) is 19.7 Å². The molecule has 3 rings (SSSR count). The molecule has 2 aromatic heterocycles. The Hall–Kier alpha value is -2.96. The van der Waals surface area contributed by atoms with Crippen molar-refractivity contribution in [3.8, 4) is 0 Å². The first-order chi connectivity index (χ1) is 11.1. The summed E-state index contributed by atoms with van der Waals surface area (Å²) in [7, 11) is 1.79. The van der Waals surface area contributed by atoms with E-state index in [0.29, 0.717) is 12.2 Å². The van der Waals surface area contributed by atoms with Gasteiger partial charge in [0.1, 0.15) is 18.8 Å². The summed E-state index contributed by atoms with van der Waals surface area (Å²) in [5.74, 6) is 0.295. The van der Waals surface area contributed by atoms with Crippen molar-refractivity contribution in [2.75, 3.05) is 18.5 Å². The third-order valence-corrected chi connectivity index (χ3v) is 3.49. The number of para-hydroxylation sites is 1. The number of carbonyl (C=O) groups excluding carboxylic acids is 1. The van der Waals surface area contributed by atoms with Crippen LogP contribution < -0.4 is 5.32 Å². The molecule has 0 aliphatic carbocycles. The Balaban J connectivity index is 1.56. The SMILES string of the molecule is Cc1cc(C(=O)OCCNc2ncnc3ccccc23)nn1C. The number of nitrogens with zero attached hydrogens (tertiary/aromatic N) is 4. The molecule has 1 aromatic carbocycles. The summed E-state index contributed by atoms with van der Waals surface area (Å²) in [6.45, 7) is 2.57. The summed E-state index contributed by atoms with van der Waals surface area (Å²) in [5.41, 5.74) is 2.09. The summed E-state index contributed by atoms with van der Waals surface area (Å²) in [6, 6.07) is 9.43. The average molecular weight is 311 g/mol. The Morgan fingerprint density at radius 1 is 1.30 bits per heavy atom. The molecule has 118 valence electrons. The Labute approximate surface area is 133 Å². The van der Waals surface area contributed by atoms with Crippen LogP contribution in [0, 0.1) is 6.92 Å². The van der Waals surface area contributed by atoms with Gasteiger partial charge in [0, 0.05) is 18.1 Å². The fourth-order valence-corrected chi connectivity index (χ4v) is 2.19. The van der Waals surface area contributed by atoms with E-state index in [1.807, 2.05) is 31.2 Å². The molecule has 0 amide bonds. The Bertz CT molecular complexity index is 819. The molecule has 23 heavy (non-hydrogen) atoms. The molecule has 3 aromatic rings. The van der Waals surface area contributed by atoms with Crippen LogP contribution in [0.1, 0.15) is 16.2 Å². The smallest absolute Gasteiger partial charge is 0.358 e. The van der Waals surface area contributed by atoms with Crippen molar-refractivity contribution in [2.45, 2.75) is 6.92 Å². The van der Waals surface area contributed by atoms with Gasteiger partial charge in [-0.05, 0) is 25.1 Å². The predicted octanol–water partition coefficient (Wildman–Crippen LogP) is 1.94. The highest BCUT2D eigenvalue weighted by atomic mass is 16.5. The van der Waals surface area contributed by atoms with Crippen molar-refractivity contribution in [3.63, 3.8) is 0 Å². The first-order valence-corrected chi connectivity index (χ1v) is 7.26. The highest BCUT2D eigenvalue weighted by Gasteiger charge is 2.12. The number of ether oxygens (including phenoxy) is 1. The minimum absolute atomic E-state index is 0.229. The number of anilines is 1. The van der Waals surface area contributed by atoms with E-state index in [1.165, 1.54) is 6.33 Å². The lowest BCUT2D eigenvalue weighted by Crippen LogP contribution is -2.15. The minimum Gasteiger partial charge on any atom is -0.459 e. The second kappa shape index (κ2) is 6.43. The molecule has 0 radical (unpaired) electrons. The van der Waals surface area contributed by atoms with Crippen molar-refractivity contribution < 1.29 is 9.53 Å². The lowest BCUT2D eigenvalue weighted by molar-refractivity contribution is 0.0513. The molecule has 0 bridgehead atoms. The zero-order chi connectivity index (χ0) is 16.2. The summed E-state index contributed by atoms with van der Waals surface area (Å²) in [5, 5.41) is 8.18. The topological polar surface area (TPSA) is 81.9 Å². The number of carbonyl (C=O) groups is 1. The van der Waals surface area contributed by atoms with Gasteiger partial charge in [-0.2, -0.15) is 5.10 Å². The van der Waals surface area contributed by atoms with Crippen LogP contribution in [-0.2, 0) is 11.8 Å².